The molecule has 0 amide bonds. The highest BCUT2D eigenvalue weighted by atomic mass is 79.9. The number of aliphatic imine (C=N–C) groups is 1. The number of anilines is 1. The molecule has 1 heterocycles. The summed E-state index contributed by atoms with van der Waals surface area (Å²) in [5.74, 6) is 0.653. The van der Waals surface area contributed by atoms with Crippen molar-refractivity contribution in [3.05, 3.63) is 28.7 Å². The zero-order valence-electron chi connectivity index (χ0n) is 11.7. The molecule has 104 valence electrons. The monoisotopic (exact) mass is 323 g/mol. The van der Waals surface area contributed by atoms with E-state index in [0.29, 0.717) is 5.96 Å². The Morgan fingerprint density at radius 3 is 2.58 bits per heavy atom. The third-order valence-corrected chi connectivity index (χ3v) is 4.23. The maximum absolute atomic E-state index is 6.16. The first-order valence-corrected chi connectivity index (χ1v) is 7.78. The van der Waals surface area contributed by atoms with Gasteiger partial charge in [0, 0.05) is 10.2 Å². The molecule has 0 aliphatic carbocycles. The molecule has 1 aromatic rings. The molecule has 1 aliphatic rings. The van der Waals surface area contributed by atoms with Crippen LogP contribution in [0.15, 0.2) is 33.7 Å². The van der Waals surface area contributed by atoms with Crippen LogP contribution in [0.25, 0.3) is 0 Å². The van der Waals surface area contributed by atoms with Crippen molar-refractivity contribution in [1.29, 1.82) is 0 Å². The van der Waals surface area contributed by atoms with Crippen LogP contribution in [0.3, 0.4) is 0 Å². The summed E-state index contributed by atoms with van der Waals surface area (Å²) in [6, 6.07) is 8.31. The summed E-state index contributed by atoms with van der Waals surface area (Å²) >= 11 is 3.54. The second-order valence-electron chi connectivity index (χ2n) is 5.21. The smallest absolute Gasteiger partial charge is 0.196 e. The first-order chi connectivity index (χ1) is 9.13. The van der Waals surface area contributed by atoms with E-state index in [1.165, 1.54) is 0 Å². The lowest BCUT2D eigenvalue weighted by Crippen LogP contribution is -2.52. The molecule has 4 heteroatoms. The summed E-state index contributed by atoms with van der Waals surface area (Å²) in [5.41, 5.74) is 7.36. The molecule has 2 N–H and O–H groups in total. The second-order valence-corrected chi connectivity index (χ2v) is 6.13. The van der Waals surface area contributed by atoms with Gasteiger partial charge in [-0.05, 0) is 31.0 Å². The largest absolute Gasteiger partial charge is 0.369 e. The fourth-order valence-electron chi connectivity index (χ4n) is 3.07. The van der Waals surface area contributed by atoms with Crippen LogP contribution in [0.4, 0.5) is 5.69 Å². The molecule has 1 aliphatic heterocycles. The molecule has 0 saturated heterocycles. The van der Waals surface area contributed by atoms with Crippen LogP contribution in [0.5, 0.6) is 0 Å². The molecule has 0 fully saturated rings. The van der Waals surface area contributed by atoms with E-state index in [1.54, 1.807) is 0 Å². The summed E-state index contributed by atoms with van der Waals surface area (Å²) in [6.07, 6.45) is 4.54. The molecule has 0 radical (unpaired) electrons. The average Bonchev–Trinajstić information content (AvgIpc) is 2.67. The predicted molar refractivity (Wildman–Crippen MR) is 85.7 cm³/mol. The van der Waals surface area contributed by atoms with Gasteiger partial charge in [-0.2, -0.15) is 0 Å². The van der Waals surface area contributed by atoms with Gasteiger partial charge in [-0.3, -0.25) is 4.99 Å². The number of hydrogen-bond acceptors (Lipinski definition) is 3. The molecular formula is C15H22BrN3. The average molecular weight is 324 g/mol. The van der Waals surface area contributed by atoms with Gasteiger partial charge in [0.1, 0.15) is 0 Å². The molecule has 0 spiro atoms. The molecule has 0 bridgehead atoms. The Bertz CT molecular complexity index is 464. The Morgan fingerprint density at radius 2 is 2.00 bits per heavy atom. The maximum atomic E-state index is 6.16. The first-order valence-electron chi connectivity index (χ1n) is 6.98. The quantitative estimate of drug-likeness (QED) is 0.892. The summed E-state index contributed by atoms with van der Waals surface area (Å²) in [7, 11) is 0. The highest BCUT2D eigenvalue weighted by Gasteiger charge is 2.41. The van der Waals surface area contributed by atoms with E-state index < -0.39 is 0 Å². The summed E-state index contributed by atoms with van der Waals surface area (Å²) in [6.45, 7) is 5.27. The van der Waals surface area contributed by atoms with Crippen molar-refractivity contribution in [1.82, 2.24) is 0 Å². The van der Waals surface area contributed by atoms with Crippen molar-refractivity contribution in [2.45, 2.75) is 45.1 Å². The van der Waals surface area contributed by atoms with E-state index in [1.807, 2.05) is 12.1 Å². The summed E-state index contributed by atoms with van der Waals surface area (Å²) in [4.78, 5) is 6.76. The third kappa shape index (κ3) is 2.78. The van der Waals surface area contributed by atoms with Gasteiger partial charge in [0.25, 0.3) is 0 Å². The van der Waals surface area contributed by atoms with E-state index in [2.05, 4.69) is 51.8 Å². The molecule has 19 heavy (non-hydrogen) atoms. The fraction of sp³-hybridized carbons (Fsp3) is 0.533. The molecular weight excluding hydrogens is 302 g/mol. The van der Waals surface area contributed by atoms with Crippen LogP contribution in [0.2, 0.25) is 0 Å². The maximum Gasteiger partial charge on any atom is 0.196 e. The van der Waals surface area contributed by atoms with Crippen LogP contribution in [-0.4, -0.2) is 18.0 Å². The minimum absolute atomic E-state index is 0.0639. The fourth-order valence-corrected chi connectivity index (χ4v) is 3.46. The van der Waals surface area contributed by atoms with E-state index in [9.17, 15) is 0 Å². The molecule has 0 saturated carbocycles. The van der Waals surface area contributed by atoms with Crippen LogP contribution in [-0.2, 0) is 0 Å². The van der Waals surface area contributed by atoms with Crippen molar-refractivity contribution in [3.8, 4) is 0 Å². The van der Waals surface area contributed by atoms with E-state index in [0.717, 1.165) is 42.4 Å². The Balaban J connectivity index is 2.40. The van der Waals surface area contributed by atoms with Gasteiger partial charge < -0.3 is 10.6 Å². The zero-order valence-corrected chi connectivity index (χ0v) is 13.3. The van der Waals surface area contributed by atoms with E-state index >= 15 is 0 Å². The Hall–Kier alpha value is -1.03. The highest BCUT2D eigenvalue weighted by Crippen LogP contribution is 2.36. The summed E-state index contributed by atoms with van der Waals surface area (Å²) < 4.78 is 1.08. The van der Waals surface area contributed by atoms with Gasteiger partial charge in [-0.1, -0.05) is 48.7 Å². The van der Waals surface area contributed by atoms with E-state index in [4.69, 9.17) is 5.73 Å². The SMILES string of the molecule is CCCC1(CCC)CN=C(N)N1c1cccc(Br)c1. The van der Waals surface area contributed by atoms with Crippen LogP contribution in [0.1, 0.15) is 39.5 Å². The van der Waals surface area contributed by atoms with Crippen molar-refractivity contribution in [2.24, 2.45) is 10.7 Å². The number of halogens is 1. The number of nitrogens with two attached hydrogens (primary N) is 1. The lowest BCUT2D eigenvalue weighted by Gasteiger charge is -2.39. The standard InChI is InChI=1S/C15H22BrN3/c1-3-8-15(9-4-2)11-18-14(17)19(15)13-7-5-6-12(16)10-13/h5-7,10H,3-4,8-9,11H2,1-2H3,(H2,17,18). The van der Waals surface area contributed by atoms with Gasteiger partial charge in [-0.25, -0.2) is 0 Å². The van der Waals surface area contributed by atoms with Gasteiger partial charge in [0.15, 0.2) is 5.96 Å². The summed E-state index contributed by atoms with van der Waals surface area (Å²) in [5, 5.41) is 0. The number of guanidine groups is 1. The Kier molecular flexibility index (Phi) is 4.50. The molecule has 1 aromatic carbocycles. The number of rotatable bonds is 5. The number of hydrogen-bond donors (Lipinski definition) is 1. The van der Waals surface area contributed by atoms with Crippen molar-refractivity contribution in [2.75, 3.05) is 11.4 Å². The lowest BCUT2D eigenvalue weighted by atomic mass is 9.87. The second kappa shape index (κ2) is 5.95. The normalized spacial score (nSPS) is 17.6. The van der Waals surface area contributed by atoms with Crippen LogP contribution < -0.4 is 10.6 Å². The molecule has 0 atom stereocenters. The Morgan fingerprint density at radius 1 is 1.32 bits per heavy atom. The van der Waals surface area contributed by atoms with Crippen LogP contribution >= 0.6 is 15.9 Å². The molecule has 2 rings (SSSR count). The van der Waals surface area contributed by atoms with Crippen LogP contribution in [0, 0.1) is 0 Å². The van der Waals surface area contributed by atoms with Crippen molar-refractivity contribution < 1.29 is 0 Å². The molecule has 0 aromatic heterocycles. The first kappa shape index (κ1) is 14.4. The van der Waals surface area contributed by atoms with Gasteiger partial charge in [0.05, 0.1) is 12.1 Å². The van der Waals surface area contributed by atoms with Crippen molar-refractivity contribution in [3.63, 3.8) is 0 Å². The molecule has 3 nitrogen and oxygen atoms in total. The number of nitrogens with zero attached hydrogens (tertiary/aromatic N) is 2. The van der Waals surface area contributed by atoms with Gasteiger partial charge >= 0.3 is 0 Å². The zero-order chi connectivity index (χ0) is 13.9. The minimum Gasteiger partial charge on any atom is -0.369 e. The lowest BCUT2D eigenvalue weighted by molar-refractivity contribution is 0.384. The highest BCUT2D eigenvalue weighted by molar-refractivity contribution is 9.10. The van der Waals surface area contributed by atoms with Crippen molar-refractivity contribution >= 4 is 27.6 Å². The molecule has 0 unspecified atom stereocenters. The van der Waals surface area contributed by atoms with Gasteiger partial charge in [-0.15, -0.1) is 0 Å². The van der Waals surface area contributed by atoms with E-state index in [-0.39, 0.29) is 5.54 Å². The number of benzene rings is 1. The predicted octanol–water partition coefficient (Wildman–Crippen LogP) is 3.92. The third-order valence-electron chi connectivity index (χ3n) is 3.74. The Labute approximate surface area is 124 Å². The topological polar surface area (TPSA) is 41.6 Å². The van der Waals surface area contributed by atoms with Gasteiger partial charge in [0.2, 0.25) is 0 Å². The minimum atomic E-state index is 0.0639.